The summed E-state index contributed by atoms with van der Waals surface area (Å²) in [6.07, 6.45) is 2.38. The van der Waals surface area contributed by atoms with Crippen molar-refractivity contribution in [2.24, 2.45) is 0 Å². The average Bonchev–Trinajstić information content (AvgIpc) is 3.15. The Morgan fingerprint density at radius 2 is 1.88 bits per heavy atom. The number of halogens is 1. The van der Waals surface area contributed by atoms with Crippen LogP contribution in [-0.2, 0) is 0 Å². The summed E-state index contributed by atoms with van der Waals surface area (Å²) in [5.41, 5.74) is 1.04. The summed E-state index contributed by atoms with van der Waals surface area (Å²) < 4.78 is 13.5. The van der Waals surface area contributed by atoms with Crippen LogP contribution in [0.2, 0.25) is 0 Å². The molecule has 0 radical (unpaired) electrons. The monoisotopic (exact) mass is 229 g/mol. The van der Waals surface area contributed by atoms with Gasteiger partial charge in [0.25, 0.3) is 0 Å². The van der Waals surface area contributed by atoms with Gasteiger partial charge in [0, 0.05) is 11.6 Å². The Kier molecular flexibility index (Phi) is 2.48. The zero-order valence-corrected chi connectivity index (χ0v) is 9.23. The Morgan fingerprint density at radius 1 is 1.06 bits per heavy atom. The summed E-state index contributed by atoms with van der Waals surface area (Å²) in [4.78, 5) is 0. The van der Waals surface area contributed by atoms with E-state index in [1.54, 1.807) is 24.3 Å². The van der Waals surface area contributed by atoms with Crippen LogP contribution in [0.15, 0.2) is 36.4 Å². The first-order valence-corrected chi connectivity index (χ1v) is 5.68. The molecule has 1 N–H and O–H groups in total. The van der Waals surface area contributed by atoms with E-state index in [1.807, 2.05) is 6.07 Å². The largest absolute Gasteiger partial charge is 0.366 e. The highest BCUT2D eigenvalue weighted by Gasteiger charge is 2.21. The molecular weight excluding hydrogens is 217 g/mol. The molecule has 1 saturated carbocycles. The van der Waals surface area contributed by atoms with Crippen LogP contribution in [0.5, 0.6) is 0 Å². The van der Waals surface area contributed by atoms with Crippen molar-refractivity contribution in [1.82, 2.24) is 10.2 Å². The average molecular weight is 229 g/mol. The van der Waals surface area contributed by atoms with Crippen LogP contribution in [0.25, 0.3) is 11.3 Å². The summed E-state index contributed by atoms with van der Waals surface area (Å²) in [6, 6.07) is 10.7. The van der Waals surface area contributed by atoms with Gasteiger partial charge < -0.3 is 5.32 Å². The standard InChI is InChI=1S/C13H12FN3/c14-11-4-2-1-3-10(11)12-7-8-13(17-16-12)15-9-5-6-9/h1-4,7-9H,5-6H2,(H,15,17). The van der Waals surface area contributed by atoms with Crippen LogP contribution in [0, 0.1) is 5.82 Å². The molecule has 0 spiro atoms. The Morgan fingerprint density at radius 3 is 2.53 bits per heavy atom. The maximum absolute atomic E-state index is 13.5. The minimum Gasteiger partial charge on any atom is -0.366 e. The molecule has 1 heterocycles. The Bertz CT molecular complexity index is 520. The number of aromatic nitrogens is 2. The van der Waals surface area contributed by atoms with Gasteiger partial charge in [-0.1, -0.05) is 12.1 Å². The van der Waals surface area contributed by atoms with Crippen LogP contribution in [0.1, 0.15) is 12.8 Å². The fourth-order valence-electron chi connectivity index (χ4n) is 1.66. The fourth-order valence-corrected chi connectivity index (χ4v) is 1.66. The number of nitrogens with zero attached hydrogens (tertiary/aromatic N) is 2. The van der Waals surface area contributed by atoms with E-state index in [0.29, 0.717) is 17.3 Å². The first kappa shape index (κ1) is 10.2. The number of anilines is 1. The van der Waals surface area contributed by atoms with E-state index in [-0.39, 0.29) is 5.82 Å². The molecule has 3 nitrogen and oxygen atoms in total. The molecule has 0 saturated heterocycles. The lowest BCUT2D eigenvalue weighted by Gasteiger charge is -2.04. The van der Waals surface area contributed by atoms with Gasteiger partial charge in [0.15, 0.2) is 0 Å². The van der Waals surface area contributed by atoms with Gasteiger partial charge in [-0.25, -0.2) is 4.39 Å². The third-order valence-corrected chi connectivity index (χ3v) is 2.74. The smallest absolute Gasteiger partial charge is 0.148 e. The second-order valence-electron chi connectivity index (χ2n) is 4.20. The second-order valence-corrected chi connectivity index (χ2v) is 4.20. The van der Waals surface area contributed by atoms with Crippen molar-refractivity contribution < 1.29 is 4.39 Å². The van der Waals surface area contributed by atoms with Gasteiger partial charge in [0.1, 0.15) is 11.6 Å². The molecule has 1 aliphatic carbocycles. The zero-order chi connectivity index (χ0) is 11.7. The Hall–Kier alpha value is -1.97. The van der Waals surface area contributed by atoms with Gasteiger partial charge >= 0.3 is 0 Å². The maximum atomic E-state index is 13.5. The highest BCUT2D eigenvalue weighted by atomic mass is 19.1. The molecule has 1 fully saturated rings. The molecule has 0 aliphatic heterocycles. The summed E-state index contributed by atoms with van der Waals surface area (Å²) in [5, 5.41) is 11.3. The van der Waals surface area contributed by atoms with Crippen LogP contribution in [0.4, 0.5) is 10.2 Å². The molecular formula is C13H12FN3. The molecule has 0 atom stereocenters. The number of hydrogen-bond donors (Lipinski definition) is 1. The maximum Gasteiger partial charge on any atom is 0.148 e. The summed E-state index contributed by atoms with van der Waals surface area (Å²) >= 11 is 0. The molecule has 1 aromatic heterocycles. The van der Waals surface area contributed by atoms with Crippen molar-refractivity contribution in [2.45, 2.75) is 18.9 Å². The fraction of sp³-hybridized carbons (Fsp3) is 0.231. The first-order chi connectivity index (χ1) is 8.33. The lowest BCUT2D eigenvalue weighted by atomic mass is 10.1. The lowest BCUT2D eigenvalue weighted by Crippen LogP contribution is -2.04. The third kappa shape index (κ3) is 2.25. The lowest BCUT2D eigenvalue weighted by molar-refractivity contribution is 0.630. The van der Waals surface area contributed by atoms with Crippen molar-refractivity contribution >= 4 is 5.82 Å². The normalized spacial score (nSPS) is 14.6. The highest BCUT2D eigenvalue weighted by molar-refractivity contribution is 5.60. The molecule has 86 valence electrons. The van der Waals surface area contributed by atoms with Crippen molar-refractivity contribution in [3.05, 3.63) is 42.2 Å². The van der Waals surface area contributed by atoms with Gasteiger partial charge in [0.2, 0.25) is 0 Å². The molecule has 17 heavy (non-hydrogen) atoms. The number of benzene rings is 1. The van der Waals surface area contributed by atoms with E-state index >= 15 is 0 Å². The van der Waals surface area contributed by atoms with E-state index in [9.17, 15) is 4.39 Å². The Labute approximate surface area is 98.7 Å². The molecule has 1 aromatic carbocycles. The Balaban J connectivity index is 1.86. The number of rotatable bonds is 3. The van der Waals surface area contributed by atoms with Crippen molar-refractivity contribution in [2.75, 3.05) is 5.32 Å². The summed E-state index contributed by atoms with van der Waals surface area (Å²) in [5.74, 6) is 0.484. The van der Waals surface area contributed by atoms with E-state index in [1.165, 1.54) is 18.9 Å². The van der Waals surface area contributed by atoms with Gasteiger partial charge in [-0.05, 0) is 37.1 Å². The van der Waals surface area contributed by atoms with Gasteiger partial charge in [-0.2, -0.15) is 0 Å². The minimum atomic E-state index is -0.273. The van der Waals surface area contributed by atoms with E-state index < -0.39 is 0 Å². The van der Waals surface area contributed by atoms with Crippen molar-refractivity contribution in [1.29, 1.82) is 0 Å². The van der Waals surface area contributed by atoms with E-state index in [0.717, 1.165) is 5.82 Å². The van der Waals surface area contributed by atoms with Crippen LogP contribution < -0.4 is 5.32 Å². The van der Waals surface area contributed by atoms with Gasteiger partial charge in [0.05, 0.1) is 5.69 Å². The molecule has 1 aliphatic rings. The first-order valence-electron chi connectivity index (χ1n) is 5.68. The molecule has 0 unspecified atom stereocenters. The van der Waals surface area contributed by atoms with Crippen molar-refractivity contribution in [3.63, 3.8) is 0 Å². The van der Waals surface area contributed by atoms with Crippen LogP contribution in [-0.4, -0.2) is 16.2 Å². The number of hydrogen-bond acceptors (Lipinski definition) is 3. The topological polar surface area (TPSA) is 37.8 Å². The molecule has 3 rings (SSSR count). The molecule has 0 amide bonds. The molecule has 0 bridgehead atoms. The van der Waals surface area contributed by atoms with Crippen LogP contribution in [0.3, 0.4) is 0 Å². The minimum absolute atomic E-state index is 0.273. The van der Waals surface area contributed by atoms with E-state index in [2.05, 4.69) is 15.5 Å². The SMILES string of the molecule is Fc1ccccc1-c1ccc(NC2CC2)nn1. The zero-order valence-electron chi connectivity index (χ0n) is 9.23. The quantitative estimate of drug-likeness (QED) is 0.879. The van der Waals surface area contributed by atoms with E-state index in [4.69, 9.17) is 0 Å². The second kappa shape index (κ2) is 4.13. The molecule has 4 heteroatoms. The van der Waals surface area contributed by atoms with Crippen molar-refractivity contribution in [3.8, 4) is 11.3 Å². The van der Waals surface area contributed by atoms with Crippen LogP contribution >= 0.6 is 0 Å². The predicted octanol–water partition coefficient (Wildman–Crippen LogP) is 2.86. The highest BCUT2D eigenvalue weighted by Crippen LogP contribution is 2.24. The predicted molar refractivity (Wildman–Crippen MR) is 64.1 cm³/mol. The summed E-state index contributed by atoms with van der Waals surface area (Å²) in [6.45, 7) is 0. The third-order valence-electron chi connectivity index (χ3n) is 2.74. The number of nitrogens with one attached hydrogen (secondary N) is 1. The molecule has 2 aromatic rings. The van der Waals surface area contributed by atoms with Gasteiger partial charge in [-0.15, -0.1) is 10.2 Å². The van der Waals surface area contributed by atoms with Gasteiger partial charge in [-0.3, -0.25) is 0 Å². The summed E-state index contributed by atoms with van der Waals surface area (Å²) in [7, 11) is 0.